The first-order valence-electron chi connectivity index (χ1n) is 7.20. The highest BCUT2D eigenvalue weighted by atomic mass is 35.5. The van der Waals surface area contributed by atoms with Gasteiger partial charge >= 0.3 is 0 Å². The van der Waals surface area contributed by atoms with E-state index in [1.54, 1.807) is 5.54 Å². The molecule has 96 valence electrons. The minimum atomic E-state index is 0.620. The molecule has 1 nitrogen and oxygen atoms in total. The summed E-state index contributed by atoms with van der Waals surface area (Å²) in [7, 11) is 0. The van der Waals surface area contributed by atoms with Gasteiger partial charge in [0.2, 0.25) is 0 Å². The van der Waals surface area contributed by atoms with Gasteiger partial charge in [-0.15, -0.1) is 0 Å². The quantitative estimate of drug-likeness (QED) is 0.801. The summed E-state index contributed by atoms with van der Waals surface area (Å²) >= 11 is 5.58. The average Bonchev–Trinajstić information content (AvgIpc) is 2.27. The third kappa shape index (κ3) is 2.17. The Morgan fingerprint density at radius 2 is 1.71 bits per heavy atom. The van der Waals surface area contributed by atoms with Crippen LogP contribution in [-0.4, -0.2) is 12.6 Å². The molecular formula is C15H24ClN. The highest BCUT2D eigenvalue weighted by Crippen LogP contribution is 2.61. The predicted octanol–water partition coefficient (Wildman–Crippen LogP) is 3.93. The maximum atomic E-state index is 5.58. The summed E-state index contributed by atoms with van der Waals surface area (Å²) in [4.78, 5) is 0. The number of hydrogen-bond donors (Lipinski definition) is 1. The Morgan fingerprint density at radius 3 is 2.18 bits per heavy atom. The molecule has 0 amide bonds. The van der Waals surface area contributed by atoms with E-state index in [-0.39, 0.29) is 0 Å². The predicted molar refractivity (Wildman–Crippen MR) is 73.1 cm³/mol. The molecule has 4 fully saturated rings. The van der Waals surface area contributed by atoms with Crippen LogP contribution in [0.5, 0.6) is 0 Å². The van der Waals surface area contributed by atoms with Gasteiger partial charge in [0.05, 0.1) is 0 Å². The molecule has 0 aromatic heterocycles. The van der Waals surface area contributed by atoms with Crippen molar-refractivity contribution in [3.8, 4) is 0 Å². The molecule has 4 aliphatic carbocycles. The van der Waals surface area contributed by atoms with E-state index in [1.165, 1.54) is 38.5 Å². The van der Waals surface area contributed by atoms with Crippen molar-refractivity contribution in [2.45, 2.75) is 51.5 Å². The summed E-state index contributed by atoms with van der Waals surface area (Å²) in [6.07, 6.45) is 11.1. The van der Waals surface area contributed by atoms with Gasteiger partial charge in [-0.25, -0.2) is 0 Å². The molecule has 0 heterocycles. The smallest absolute Gasteiger partial charge is 0.0149 e. The van der Waals surface area contributed by atoms with Crippen LogP contribution >= 0.6 is 11.6 Å². The Morgan fingerprint density at radius 1 is 1.18 bits per heavy atom. The fourth-order valence-corrected chi connectivity index (χ4v) is 5.30. The van der Waals surface area contributed by atoms with Gasteiger partial charge in [0, 0.05) is 18.1 Å². The lowest BCUT2D eigenvalue weighted by atomic mass is 9.48. The second-order valence-corrected chi connectivity index (χ2v) is 7.02. The summed E-state index contributed by atoms with van der Waals surface area (Å²) in [6.45, 7) is 3.32. The van der Waals surface area contributed by atoms with E-state index in [4.69, 9.17) is 11.6 Å². The third-order valence-electron chi connectivity index (χ3n) is 5.64. The summed E-state index contributed by atoms with van der Waals surface area (Å²) < 4.78 is 0. The van der Waals surface area contributed by atoms with Crippen molar-refractivity contribution in [2.75, 3.05) is 6.54 Å². The zero-order chi connectivity index (χ0) is 11.9. The summed E-state index contributed by atoms with van der Waals surface area (Å²) in [5.74, 6) is 3.15. The van der Waals surface area contributed by atoms with Crippen molar-refractivity contribution in [3.05, 3.63) is 11.6 Å². The first-order chi connectivity index (χ1) is 8.22. The van der Waals surface area contributed by atoms with Gasteiger partial charge in [0.15, 0.2) is 0 Å². The summed E-state index contributed by atoms with van der Waals surface area (Å²) in [6, 6.07) is 0.656. The molecule has 0 spiro atoms. The molecule has 1 N–H and O–H groups in total. The molecule has 0 aromatic rings. The van der Waals surface area contributed by atoms with Gasteiger partial charge in [0.1, 0.15) is 0 Å². The van der Waals surface area contributed by atoms with Crippen LogP contribution in [0, 0.1) is 23.2 Å². The molecule has 2 heteroatoms. The molecule has 4 aliphatic rings. The van der Waals surface area contributed by atoms with Crippen LogP contribution in [0.15, 0.2) is 11.6 Å². The minimum absolute atomic E-state index is 0.620. The van der Waals surface area contributed by atoms with Crippen molar-refractivity contribution in [1.82, 2.24) is 5.32 Å². The standard InChI is InChI=1S/C15H24ClN/c1-11(17-4-2-3-16)15-8-12-5-13(9-15)7-14(6-12)10-15/h2-3,11-14,17H,4-10H2,1H3/b3-2+. The van der Waals surface area contributed by atoms with Crippen LogP contribution in [0.3, 0.4) is 0 Å². The molecule has 0 aromatic carbocycles. The number of halogens is 1. The average molecular weight is 254 g/mol. The Labute approximate surface area is 110 Å². The van der Waals surface area contributed by atoms with Crippen LogP contribution in [0.4, 0.5) is 0 Å². The van der Waals surface area contributed by atoms with Crippen molar-refractivity contribution in [1.29, 1.82) is 0 Å². The SMILES string of the molecule is CC(NC/C=C/Cl)C12CC3CC(CC(C3)C1)C2. The Kier molecular flexibility index (Phi) is 3.25. The van der Waals surface area contributed by atoms with Crippen LogP contribution in [0.25, 0.3) is 0 Å². The van der Waals surface area contributed by atoms with E-state index in [1.807, 2.05) is 6.08 Å². The monoisotopic (exact) mass is 253 g/mol. The Hall–Kier alpha value is -0.0100. The highest BCUT2D eigenvalue weighted by Gasteiger charge is 2.52. The first kappa shape index (κ1) is 12.0. The molecule has 0 aliphatic heterocycles. The van der Waals surface area contributed by atoms with Crippen molar-refractivity contribution < 1.29 is 0 Å². The first-order valence-corrected chi connectivity index (χ1v) is 7.64. The van der Waals surface area contributed by atoms with Gasteiger partial charge in [-0.05, 0) is 68.6 Å². The molecule has 4 saturated carbocycles. The molecular weight excluding hydrogens is 230 g/mol. The van der Waals surface area contributed by atoms with Crippen LogP contribution in [-0.2, 0) is 0 Å². The molecule has 0 radical (unpaired) electrons. The molecule has 4 rings (SSSR count). The zero-order valence-electron chi connectivity index (χ0n) is 10.8. The number of rotatable bonds is 4. The van der Waals surface area contributed by atoms with E-state index >= 15 is 0 Å². The van der Waals surface area contributed by atoms with Gasteiger partial charge in [-0.1, -0.05) is 17.7 Å². The van der Waals surface area contributed by atoms with Crippen molar-refractivity contribution in [3.63, 3.8) is 0 Å². The third-order valence-corrected chi connectivity index (χ3v) is 5.81. The van der Waals surface area contributed by atoms with Gasteiger partial charge in [-0.2, -0.15) is 0 Å². The van der Waals surface area contributed by atoms with E-state index in [9.17, 15) is 0 Å². The van der Waals surface area contributed by atoms with E-state index in [0.29, 0.717) is 11.5 Å². The van der Waals surface area contributed by atoms with Crippen molar-refractivity contribution in [2.24, 2.45) is 23.2 Å². The van der Waals surface area contributed by atoms with Crippen LogP contribution in [0.2, 0.25) is 0 Å². The lowest BCUT2D eigenvalue weighted by Gasteiger charge is -2.59. The zero-order valence-corrected chi connectivity index (χ0v) is 11.5. The fraction of sp³-hybridized carbons (Fsp3) is 0.867. The van der Waals surface area contributed by atoms with E-state index < -0.39 is 0 Å². The topological polar surface area (TPSA) is 12.0 Å². The molecule has 1 unspecified atom stereocenters. The summed E-state index contributed by atoms with van der Waals surface area (Å²) in [5, 5.41) is 3.67. The van der Waals surface area contributed by atoms with Gasteiger partial charge in [-0.3, -0.25) is 0 Å². The fourth-order valence-electron chi connectivity index (χ4n) is 5.21. The lowest BCUT2D eigenvalue weighted by molar-refractivity contribution is -0.0697. The van der Waals surface area contributed by atoms with Crippen LogP contribution < -0.4 is 5.32 Å². The van der Waals surface area contributed by atoms with Crippen LogP contribution in [0.1, 0.15) is 45.4 Å². The molecule has 1 atom stereocenters. The Bertz CT molecular complexity index is 275. The van der Waals surface area contributed by atoms with E-state index in [0.717, 1.165) is 24.3 Å². The van der Waals surface area contributed by atoms with Gasteiger partial charge in [0.25, 0.3) is 0 Å². The molecule has 4 bridgehead atoms. The Balaban J connectivity index is 1.68. The maximum Gasteiger partial charge on any atom is 0.0149 e. The minimum Gasteiger partial charge on any atom is -0.310 e. The highest BCUT2D eigenvalue weighted by molar-refractivity contribution is 6.25. The number of nitrogens with one attached hydrogen (secondary N) is 1. The normalized spacial score (nSPS) is 45.6. The lowest BCUT2D eigenvalue weighted by Crippen LogP contribution is -2.54. The van der Waals surface area contributed by atoms with E-state index in [2.05, 4.69) is 12.2 Å². The summed E-state index contributed by atoms with van der Waals surface area (Å²) in [5.41, 5.74) is 2.24. The second-order valence-electron chi connectivity index (χ2n) is 6.77. The largest absolute Gasteiger partial charge is 0.310 e. The second kappa shape index (κ2) is 4.59. The molecule has 17 heavy (non-hydrogen) atoms. The van der Waals surface area contributed by atoms with Crippen molar-refractivity contribution >= 4 is 11.6 Å². The van der Waals surface area contributed by atoms with Gasteiger partial charge < -0.3 is 5.32 Å². The molecule has 0 saturated heterocycles. The maximum absolute atomic E-state index is 5.58. The number of hydrogen-bond acceptors (Lipinski definition) is 1.